The van der Waals surface area contributed by atoms with Gasteiger partial charge in [-0.25, -0.2) is 4.79 Å². The van der Waals surface area contributed by atoms with E-state index in [4.69, 9.17) is 19.3 Å². The highest BCUT2D eigenvalue weighted by Crippen LogP contribution is 2.43. The van der Waals surface area contributed by atoms with Crippen LogP contribution in [-0.4, -0.2) is 30.8 Å². The molecule has 1 aliphatic rings. The van der Waals surface area contributed by atoms with Gasteiger partial charge in [0, 0.05) is 17.5 Å². The van der Waals surface area contributed by atoms with Crippen LogP contribution in [0.3, 0.4) is 0 Å². The van der Waals surface area contributed by atoms with Crippen LogP contribution in [-0.2, 0) is 22.6 Å². The largest absolute Gasteiger partial charge is 0.496 e. The van der Waals surface area contributed by atoms with E-state index in [1.807, 2.05) is 19.9 Å². The van der Waals surface area contributed by atoms with Crippen molar-refractivity contribution in [3.8, 4) is 11.5 Å². The molecule has 0 saturated heterocycles. The Balaban J connectivity index is 2.41. The molecule has 6 nitrogen and oxygen atoms in total. The normalized spacial score (nSPS) is 13.3. The lowest BCUT2D eigenvalue weighted by Crippen LogP contribution is -2.09. The third-order valence-electron chi connectivity index (χ3n) is 5.01. The van der Waals surface area contributed by atoms with Crippen LogP contribution in [0.5, 0.6) is 11.5 Å². The number of hydrogen-bond donors (Lipinski definition) is 1. The summed E-state index contributed by atoms with van der Waals surface area (Å²) >= 11 is 0. The quantitative estimate of drug-likeness (QED) is 0.338. The first-order valence-electron chi connectivity index (χ1n) is 9.80. The summed E-state index contributed by atoms with van der Waals surface area (Å²) in [5.41, 5.74) is 3.99. The van der Waals surface area contributed by atoms with Gasteiger partial charge in [-0.05, 0) is 38.7 Å². The molecule has 6 heteroatoms. The van der Waals surface area contributed by atoms with Crippen molar-refractivity contribution in [2.75, 3.05) is 13.7 Å². The number of carbonyl (C=O) groups is 2. The molecule has 0 aromatic heterocycles. The summed E-state index contributed by atoms with van der Waals surface area (Å²) in [7, 11) is 1.61. The SMILES string of the molecule is CCCCCOc1c(CC=C(C)CCC(=O)O)c(OC)c(C)c2c1C(=O)OC2. The van der Waals surface area contributed by atoms with Crippen LogP contribution in [0.1, 0.15) is 73.0 Å². The van der Waals surface area contributed by atoms with Crippen LogP contribution >= 0.6 is 0 Å². The van der Waals surface area contributed by atoms with Crippen LogP contribution in [0.15, 0.2) is 11.6 Å². The van der Waals surface area contributed by atoms with E-state index in [0.29, 0.717) is 36.5 Å². The summed E-state index contributed by atoms with van der Waals surface area (Å²) in [6, 6.07) is 0. The second-order valence-electron chi connectivity index (χ2n) is 7.10. The summed E-state index contributed by atoms with van der Waals surface area (Å²) < 4.78 is 17.0. The summed E-state index contributed by atoms with van der Waals surface area (Å²) in [4.78, 5) is 23.2. The van der Waals surface area contributed by atoms with Gasteiger partial charge in [-0.1, -0.05) is 31.4 Å². The molecule has 154 valence electrons. The van der Waals surface area contributed by atoms with Gasteiger partial charge in [-0.3, -0.25) is 4.79 Å². The highest BCUT2D eigenvalue weighted by atomic mass is 16.5. The number of carbonyl (C=O) groups excluding carboxylic acids is 1. The van der Waals surface area contributed by atoms with Crippen LogP contribution in [0.25, 0.3) is 0 Å². The van der Waals surface area contributed by atoms with Gasteiger partial charge < -0.3 is 19.3 Å². The Bertz CT molecular complexity index is 763. The molecule has 0 unspecified atom stereocenters. The fourth-order valence-corrected chi connectivity index (χ4v) is 3.38. The Labute approximate surface area is 166 Å². The van der Waals surface area contributed by atoms with E-state index in [-0.39, 0.29) is 19.0 Å². The minimum absolute atomic E-state index is 0.0926. The van der Waals surface area contributed by atoms with Gasteiger partial charge in [-0.15, -0.1) is 0 Å². The minimum atomic E-state index is -0.818. The third-order valence-corrected chi connectivity index (χ3v) is 5.01. The molecule has 1 aromatic rings. The van der Waals surface area contributed by atoms with Crippen molar-refractivity contribution < 1.29 is 28.9 Å². The number of esters is 1. The lowest BCUT2D eigenvalue weighted by Gasteiger charge is -2.19. The predicted molar refractivity (Wildman–Crippen MR) is 106 cm³/mol. The first-order valence-corrected chi connectivity index (χ1v) is 9.80. The van der Waals surface area contributed by atoms with E-state index >= 15 is 0 Å². The maximum atomic E-state index is 12.4. The molecule has 28 heavy (non-hydrogen) atoms. The van der Waals surface area contributed by atoms with Gasteiger partial charge in [0.1, 0.15) is 23.7 Å². The lowest BCUT2D eigenvalue weighted by molar-refractivity contribution is -0.136. The van der Waals surface area contributed by atoms with Crippen molar-refractivity contribution in [1.82, 2.24) is 0 Å². The summed E-state index contributed by atoms with van der Waals surface area (Å²) in [5.74, 6) is 0.0589. The Kier molecular flexibility index (Phi) is 7.91. The number of hydrogen-bond acceptors (Lipinski definition) is 5. The standard InChI is InChI=1S/C22H30O6/c1-5-6-7-12-27-21-16(10-8-14(2)9-11-18(23)24)20(26-4)15(3)17-13-28-22(25)19(17)21/h8H,5-7,9-13H2,1-4H3,(H,23,24). The van der Waals surface area contributed by atoms with Gasteiger partial charge in [-0.2, -0.15) is 0 Å². The smallest absolute Gasteiger partial charge is 0.342 e. The predicted octanol–water partition coefficient (Wildman–Crippen LogP) is 4.60. The number of carboxylic acids is 1. The molecule has 0 saturated carbocycles. The van der Waals surface area contributed by atoms with Gasteiger partial charge in [0.05, 0.1) is 13.7 Å². The molecule has 0 fully saturated rings. The Morgan fingerprint density at radius 1 is 1.25 bits per heavy atom. The number of ether oxygens (including phenoxy) is 3. The number of cyclic esters (lactones) is 1. The topological polar surface area (TPSA) is 82.1 Å². The van der Waals surface area contributed by atoms with Gasteiger partial charge in [0.25, 0.3) is 0 Å². The molecule has 1 aromatic carbocycles. The van der Waals surface area contributed by atoms with Crippen LogP contribution in [0.2, 0.25) is 0 Å². The van der Waals surface area contributed by atoms with E-state index in [1.165, 1.54) is 0 Å². The zero-order valence-corrected chi connectivity index (χ0v) is 17.2. The molecule has 1 N–H and O–H groups in total. The van der Waals surface area contributed by atoms with Gasteiger partial charge in [0.2, 0.25) is 0 Å². The monoisotopic (exact) mass is 390 g/mol. The Morgan fingerprint density at radius 3 is 2.64 bits per heavy atom. The van der Waals surface area contributed by atoms with Crippen LogP contribution in [0.4, 0.5) is 0 Å². The molecular weight excluding hydrogens is 360 g/mol. The van der Waals surface area contributed by atoms with Crippen molar-refractivity contribution in [2.24, 2.45) is 0 Å². The van der Waals surface area contributed by atoms with Crippen LogP contribution in [0, 0.1) is 6.92 Å². The van der Waals surface area contributed by atoms with Crippen molar-refractivity contribution in [3.63, 3.8) is 0 Å². The second kappa shape index (κ2) is 10.2. The van der Waals surface area contributed by atoms with E-state index in [9.17, 15) is 9.59 Å². The Hall–Kier alpha value is -2.50. The van der Waals surface area contributed by atoms with Crippen molar-refractivity contribution in [2.45, 2.75) is 65.9 Å². The molecule has 2 rings (SSSR count). The number of allylic oxidation sites excluding steroid dienone is 2. The van der Waals surface area contributed by atoms with E-state index in [0.717, 1.165) is 41.5 Å². The number of carboxylic acid groups (broad SMARTS) is 1. The molecule has 0 amide bonds. The zero-order chi connectivity index (χ0) is 20.7. The first kappa shape index (κ1) is 21.8. The van der Waals surface area contributed by atoms with Crippen molar-refractivity contribution >= 4 is 11.9 Å². The van der Waals surface area contributed by atoms with Crippen molar-refractivity contribution in [1.29, 1.82) is 0 Å². The average Bonchev–Trinajstić information content (AvgIpc) is 3.05. The molecule has 1 heterocycles. The molecule has 0 radical (unpaired) electrons. The van der Waals surface area contributed by atoms with Crippen molar-refractivity contribution in [3.05, 3.63) is 33.9 Å². The lowest BCUT2D eigenvalue weighted by atomic mass is 9.94. The average molecular weight is 390 g/mol. The highest BCUT2D eigenvalue weighted by molar-refractivity contribution is 5.98. The van der Waals surface area contributed by atoms with Gasteiger partial charge in [0.15, 0.2) is 0 Å². The first-order chi connectivity index (χ1) is 13.4. The molecule has 0 spiro atoms. The maximum absolute atomic E-state index is 12.4. The number of aliphatic carboxylic acids is 1. The fourth-order valence-electron chi connectivity index (χ4n) is 3.38. The van der Waals surface area contributed by atoms with E-state index < -0.39 is 5.97 Å². The third kappa shape index (κ3) is 5.06. The molecule has 0 aliphatic carbocycles. The zero-order valence-electron chi connectivity index (χ0n) is 17.2. The van der Waals surface area contributed by atoms with Crippen LogP contribution < -0.4 is 9.47 Å². The van der Waals surface area contributed by atoms with E-state index in [2.05, 4.69) is 6.92 Å². The molecule has 0 atom stereocenters. The number of rotatable bonds is 11. The maximum Gasteiger partial charge on any atom is 0.342 e. The summed E-state index contributed by atoms with van der Waals surface area (Å²) in [5, 5.41) is 8.87. The summed E-state index contributed by atoms with van der Waals surface area (Å²) in [6.07, 6.45) is 6.10. The molecular formula is C22H30O6. The number of unbranched alkanes of at least 4 members (excludes halogenated alkanes) is 2. The van der Waals surface area contributed by atoms with Gasteiger partial charge >= 0.3 is 11.9 Å². The summed E-state index contributed by atoms with van der Waals surface area (Å²) in [6.45, 7) is 6.71. The number of methoxy groups -OCH3 is 1. The number of fused-ring (bicyclic) bond motifs is 1. The fraction of sp³-hybridized carbons (Fsp3) is 0.545. The molecule has 1 aliphatic heterocycles. The van der Waals surface area contributed by atoms with E-state index in [1.54, 1.807) is 7.11 Å². The Morgan fingerprint density at radius 2 is 2.00 bits per heavy atom. The second-order valence-corrected chi connectivity index (χ2v) is 7.10. The minimum Gasteiger partial charge on any atom is -0.496 e. The highest BCUT2D eigenvalue weighted by Gasteiger charge is 2.33. The molecule has 0 bridgehead atoms. The number of benzene rings is 1.